The van der Waals surface area contributed by atoms with E-state index in [9.17, 15) is 9.59 Å². The number of carboxylic acid groups (broad SMARTS) is 1. The molecule has 0 amide bonds. The van der Waals surface area contributed by atoms with Gasteiger partial charge in [0.15, 0.2) is 5.68 Å². The van der Waals surface area contributed by atoms with Crippen LogP contribution in [-0.4, -0.2) is 41.1 Å². The molecule has 0 aliphatic carbocycles. The van der Waals surface area contributed by atoms with Gasteiger partial charge in [-0.3, -0.25) is 4.79 Å². The van der Waals surface area contributed by atoms with Gasteiger partial charge < -0.3 is 25.6 Å². The summed E-state index contributed by atoms with van der Waals surface area (Å²) in [4.78, 5) is 25.0. The van der Waals surface area contributed by atoms with E-state index in [1.54, 1.807) is 0 Å². The Balaban J connectivity index is 2.52. The molecule has 0 saturated carbocycles. The normalized spacial score (nSPS) is 23.7. The number of nitrogens with zero attached hydrogens (tertiary/aromatic N) is 1. The smallest absolute Gasteiger partial charge is 0.480 e. The summed E-state index contributed by atoms with van der Waals surface area (Å²) >= 11 is 0. The number of aliphatic carboxylic acids is 1. The number of carboxylic acids is 1. The average molecular weight is 198 g/mol. The minimum Gasteiger partial charge on any atom is -0.480 e. The van der Waals surface area contributed by atoms with Gasteiger partial charge in [0.1, 0.15) is 6.04 Å². The summed E-state index contributed by atoms with van der Waals surface area (Å²) in [7, 11) is -1.28. The minimum absolute atomic E-state index is 0.103. The molecule has 0 spiro atoms. The Morgan fingerprint density at radius 2 is 2.50 bits per heavy atom. The molecule has 0 bridgehead atoms. The fourth-order valence-electron chi connectivity index (χ4n) is 1.27. The van der Waals surface area contributed by atoms with Crippen LogP contribution < -0.4 is 5.73 Å². The molecule has 76 valence electrons. The van der Waals surface area contributed by atoms with Gasteiger partial charge in [0.05, 0.1) is 0 Å². The average Bonchev–Trinajstić information content (AvgIpc) is 2.11. The van der Waals surface area contributed by atoms with E-state index in [2.05, 4.69) is 4.90 Å². The van der Waals surface area contributed by atoms with E-state index >= 15 is 0 Å². The molecular weight excluding hydrogens is 187 g/mol. The highest BCUT2D eigenvalue weighted by molar-refractivity contribution is 6.84. The molecule has 0 aromatic carbocycles. The van der Waals surface area contributed by atoms with E-state index in [0.717, 1.165) is 0 Å². The monoisotopic (exact) mass is 198 g/mol. The highest BCUT2D eigenvalue weighted by Gasteiger charge is 2.30. The zero-order valence-electron chi connectivity index (χ0n) is 7.46. The topological polar surface area (TPSA) is 113 Å². The van der Waals surface area contributed by atoms with Crippen molar-refractivity contribution in [2.45, 2.75) is 18.9 Å². The first kappa shape index (κ1) is 10.9. The van der Waals surface area contributed by atoms with Crippen molar-refractivity contribution in [2.24, 2.45) is 16.6 Å². The number of carbonyl (C=O) groups is 2. The van der Waals surface area contributed by atoms with E-state index in [4.69, 9.17) is 15.9 Å². The first-order chi connectivity index (χ1) is 6.50. The zero-order valence-corrected chi connectivity index (χ0v) is 7.46. The molecule has 2 atom stereocenters. The predicted molar refractivity (Wildman–Crippen MR) is 49.8 cm³/mol. The van der Waals surface area contributed by atoms with E-state index in [1.807, 2.05) is 0 Å². The van der Waals surface area contributed by atoms with Crippen molar-refractivity contribution in [1.82, 2.24) is 0 Å². The number of hydrogen-bond donors (Lipinski definition) is 3. The van der Waals surface area contributed by atoms with E-state index < -0.39 is 24.7 Å². The third kappa shape index (κ3) is 2.64. The number of hydrogen-bond acceptors (Lipinski definition) is 5. The molecule has 0 radical (unpaired) electrons. The van der Waals surface area contributed by atoms with E-state index in [-0.39, 0.29) is 18.8 Å². The van der Waals surface area contributed by atoms with Crippen molar-refractivity contribution in [1.29, 1.82) is 0 Å². The van der Waals surface area contributed by atoms with Gasteiger partial charge >= 0.3 is 13.0 Å². The Labute approximate surface area is 81.0 Å². The van der Waals surface area contributed by atoms with Crippen molar-refractivity contribution >= 4 is 24.9 Å². The molecule has 1 aliphatic rings. The maximum Gasteiger partial charge on any atom is 0.505 e. The second-order valence-electron chi connectivity index (χ2n) is 3.28. The van der Waals surface area contributed by atoms with E-state index in [1.165, 1.54) is 6.21 Å². The second-order valence-corrected chi connectivity index (χ2v) is 3.28. The SMILES string of the molecule is NC(CC1C=NB(O)C(=O)C1)C(=O)O. The van der Waals surface area contributed by atoms with Crippen LogP contribution >= 0.6 is 0 Å². The Morgan fingerprint density at radius 3 is 3.00 bits per heavy atom. The molecule has 4 N–H and O–H groups in total. The fraction of sp³-hybridized carbons (Fsp3) is 0.571. The molecule has 2 unspecified atom stereocenters. The molecule has 1 heterocycles. The molecule has 1 aliphatic heterocycles. The zero-order chi connectivity index (χ0) is 10.7. The summed E-state index contributed by atoms with van der Waals surface area (Å²) < 4.78 is 0. The van der Waals surface area contributed by atoms with Crippen molar-refractivity contribution in [3.8, 4) is 0 Å². The lowest BCUT2D eigenvalue weighted by Gasteiger charge is -2.17. The van der Waals surface area contributed by atoms with Crippen molar-refractivity contribution in [2.75, 3.05) is 0 Å². The van der Waals surface area contributed by atoms with Gasteiger partial charge in [0.2, 0.25) is 0 Å². The van der Waals surface area contributed by atoms with Gasteiger partial charge in [-0.15, -0.1) is 0 Å². The van der Waals surface area contributed by atoms with Crippen LogP contribution in [0.1, 0.15) is 12.8 Å². The molecule has 14 heavy (non-hydrogen) atoms. The van der Waals surface area contributed by atoms with Crippen LogP contribution in [0.4, 0.5) is 0 Å². The largest absolute Gasteiger partial charge is 0.505 e. The summed E-state index contributed by atoms with van der Waals surface area (Å²) in [6.45, 7) is 0. The molecule has 0 saturated heterocycles. The molecule has 0 aromatic rings. The van der Waals surface area contributed by atoms with Crippen LogP contribution in [0, 0.1) is 5.92 Å². The van der Waals surface area contributed by atoms with Crippen LogP contribution in [0.5, 0.6) is 0 Å². The van der Waals surface area contributed by atoms with Gasteiger partial charge in [-0.05, 0) is 12.6 Å². The maximum atomic E-state index is 11.0. The predicted octanol–water partition coefficient (Wildman–Crippen LogP) is -1.53. The first-order valence-electron chi connectivity index (χ1n) is 4.23. The third-order valence-electron chi connectivity index (χ3n) is 2.06. The number of carbonyl (C=O) groups excluding carboxylic acids is 1. The lowest BCUT2D eigenvalue weighted by Crippen LogP contribution is -2.37. The maximum absolute atomic E-state index is 11.0. The van der Waals surface area contributed by atoms with Crippen molar-refractivity contribution in [3.05, 3.63) is 0 Å². The second kappa shape index (κ2) is 4.34. The lowest BCUT2D eigenvalue weighted by atomic mass is 9.71. The van der Waals surface area contributed by atoms with Crippen molar-refractivity contribution in [3.63, 3.8) is 0 Å². The quantitative estimate of drug-likeness (QED) is 0.476. The Hall–Kier alpha value is -1.21. The standard InChI is InChI=1S/C7H11BN2O4/c9-5(7(12)13)1-4-2-6(11)8(14)10-3-4/h3-5,14H,1-2,9H2,(H,12,13). The minimum atomic E-state index is -1.28. The third-order valence-corrected chi connectivity index (χ3v) is 2.06. The Morgan fingerprint density at radius 1 is 1.86 bits per heavy atom. The van der Waals surface area contributed by atoms with Crippen LogP contribution in [-0.2, 0) is 9.59 Å². The van der Waals surface area contributed by atoms with Gasteiger partial charge in [-0.2, -0.15) is 0 Å². The number of rotatable bonds is 3. The highest BCUT2D eigenvalue weighted by atomic mass is 16.4. The first-order valence-corrected chi connectivity index (χ1v) is 4.23. The molecule has 0 fully saturated rings. The highest BCUT2D eigenvalue weighted by Crippen LogP contribution is 2.14. The van der Waals surface area contributed by atoms with E-state index in [0.29, 0.717) is 0 Å². The van der Waals surface area contributed by atoms with Gasteiger partial charge in [-0.1, -0.05) is 0 Å². The number of nitrogens with two attached hydrogens (primary N) is 1. The van der Waals surface area contributed by atoms with Gasteiger partial charge in [-0.25, -0.2) is 0 Å². The fourth-order valence-corrected chi connectivity index (χ4v) is 1.27. The Kier molecular flexibility index (Phi) is 3.37. The van der Waals surface area contributed by atoms with Gasteiger partial charge in [0.25, 0.3) is 0 Å². The molecule has 0 aromatic heterocycles. The summed E-state index contributed by atoms with van der Waals surface area (Å²) in [5.74, 6) is -1.38. The summed E-state index contributed by atoms with van der Waals surface area (Å²) in [6.07, 6.45) is 1.66. The van der Waals surface area contributed by atoms with Crippen LogP contribution in [0.25, 0.3) is 0 Å². The van der Waals surface area contributed by atoms with Crippen molar-refractivity contribution < 1.29 is 19.7 Å². The lowest BCUT2D eigenvalue weighted by molar-refractivity contribution is -0.139. The molecule has 7 heteroatoms. The van der Waals surface area contributed by atoms with Crippen LogP contribution in [0.3, 0.4) is 0 Å². The summed E-state index contributed by atoms with van der Waals surface area (Å²) in [5.41, 5.74) is 4.90. The molecule has 1 rings (SSSR count). The Bertz CT molecular complexity index is 281. The molecule has 6 nitrogen and oxygen atoms in total. The van der Waals surface area contributed by atoms with Crippen LogP contribution in [0.15, 0.2) is 4.90 Å². The van der Waals surface area contributed by atoms with Crippen LogP contribution in [0.2, 0.25) is 0 Å². The summed E-state index contributed by atoms with van der Waals surface area (Å²) in [5, 5.41) is 17.5. The van der Waals surface area contributed by atoms with Gasteiger partial charge in [0, 0.05) is 12.3 Å². The summed E-state index contributed by atoms with van der Waals surface area (Å²) in [6, 6.07) is -0.991. The molecular formula is C7H11BN2O4.